The Balaban J connectivity index is 1.51. The van der Waals surface area contributed by atoms with Crippen LogP contribution in [0, 0.1) is 0 Å². The second-order valence-electron chi connectivity index (χ2n) is 9.32. The fourth-order valence-electron chi connectivity index (χ4n) is 4.47. The Hall–Kier alpha value is -4.68. The van der Waals surface area contributed by atoms with Gasteiger partial charge < -0.3 is 31.8 Å². The number of nitrogens with two attached hydrogens (primary N) is 2. The number of hydrazone groups is 1. The maximum atomic E-state index is 13.1. The number of amides is 2. The molecule has 2 aliphatic heterocycles. The minimum atomic E-state index is -0.538. The van der Waals surface area contributed by atoms with Crippen molar-refractivity contribution in [2.45, 2.75) is 31.5 Å². The molecule has 0 fully saturated rings. The lowest BCUT2D eigenvalue weighted by Crippen LogP contribution is -2.52. The molecule has 41 heavy (non-hydrogen) atoms. The smallest absolute Gasteiger partial charge is 0.411 e. The van der Waals surface area contributed by atoms with Gasteiger partial charge in [-0.1, -0.05) is 23.8 Å². The summed E-state index contributed by atoms with van der Waals surface area (Å²) in [4.78, 5) is 24.8. The van der Waals surface area contributed by atoms with Gasteiger partial charge in [-0.05, 0) is 61.7 Å². The number of rotatable bonds is 6. The van der Waals surface area contributed by atoms with Crippen molar-refractivity contribution in [3.05, 3.63) is 77.0 Å². The quantitative estimate of drug-likeness (QED) is 0.0677. The third kappa shape index (κ3) is 7.93. The summed E-state index contributed by atoms with van der Waals surface area (Å²) in [6, 6.07) is 10.4. The van der Waals surface area contributed by atoms with Gasteiger partial charge in [-0.15, -0.1) is 0 Å². The molecular weight excluding hydrogens is 546 g/mol. The number of ether oxygens (including phenoxy) is 1. The van der Waals surface area contributed by atoms with Crippen LogP contribution in [0.1, 0.15) is 30.4 Å². The van der Waals surface area contributed by atoms with Crippen LogP contribution in [0.15, 0.2) is 65.9 Å². The summed E-state index contributed by atoms with van der Waals surface area (Å²) in [6.07, 6.45) is 12.0. The molecule has 0 saturated carbocycles. The van der Waals surface area contributed by atoms with E-state index in [0.717, 1.165) is 36.3 Å². The van der Waals surface area contributed by atoms with E-state index in [1.54, 1.807) is 24.3 Å². The molecule has 2 amide bonds. The second-order valence-corrected chi connectivity index (χ2v) is 9.76. The van der Waals surface area contributed by atoms with E-state index in [1.165, 1.54) is 24.5 Å². The van der Waals surface area contributed by atoms with Gasteiger partial charge in [0.2, 0.25) is 5.91 Å². The molecule has 4 rings (SSSR count). The Morgan fingerprint density at radius 3 is 2.88 bits per heavy atom. The van der Waals surface area contributed by atoms with Crippen molar-refractivity contribution >= 4 is 58.8 Å². The van der Waals surface area contributed by atoms with E-state index in [0.29, 0.717) is 28.4 Å². The number of carbonyl (C=O) groups is 2. The van der Waals surface area contributed by atoms with Crippen LogP contribution in [-0.2, 0) is 9.53 Å². The Morgan fingerprint density at radius 2 is 2.07 bits per heavy atom. The van der Waals surface area contributed by atoms with E-state index in [-0.39, 0.29) is 18.1 Å². The maximum absolute atomic E-state index is 13.1. The lowest BCUT2D eigenvalue weighted by molar-refractivity contribution is -0.117. The van der Waals surface area contributed by atoms with Crippen molar-refractivity contribution in [3.8, 4) is 0 Å². The number of carbonyl (C=O) groups excluding carboxylic acids is 2. The van der Waals surface area contributed by atoms with Gasteiger partial charge in [0.05, 0.1) is 24.5 Å². The summed E-state index contributed by atoms with van der Waals surface area (Å²) >= 11 is 6.17. The number of hydrogen-bond donors (Lipinski definition) is 7. The summed E-state index contributed by atoms with van der Waals surface area (Å²) in [5, 5.41) is 21.3. The molecule has 1 unspecified atom stereocenters. The Morgan fingerprint density at radius 1 is 1.22 bits per heavy atom. The highest BCUT2D eigenvalue weighted by molar-refractivity contribution is 6.30. The van der Waals surface area contributed by atoms with Gasteiger partial charge in [-0.3, -0.25) is 15.1 Å². The monoisotopic (exact) mass is 579 g/mol. The summed E-state index contributed by atoms with van der Waals surface area (Å²) < 4.78 is 4.72. The molecule has 2 heterocycles. The van der Waals surface area contributed by atoms with Gasteiger partial charge in [0.1, 0.15) is 12.5 Å². The molecule has 9 N–H and O–H groups in total. The largest absolute Gasteiger partial charge is 0.453 e. The van der Waals surface area contributed by atoms with E-state index in [4.69, 9.17) is 28.0 Å². The number of anilines is 3. The molecule has 0 aromatic heterocycles. The molecule has 0 radical (unpaired) electrons. The molecule has 2 aromatic carbocycles. The van der Waals surface area contributed by atoms with Crippen LogP contribution in [0.4, 0.5) is 21.9 Å². The number of nitrogens with zero attached hydrogens (tertiary/aromatic N) is 2. The van der Waals surface area contributed by atoms with Crippen molar-refractivity contribution < 1.29 is 14.3 Å². The molecule has 2 atom stereocenters. The molecule has 0 spiro atoms. The first-order valence-electron chi connectivity index (χ1n) is 13.0. The molecule has 2 bridgehead atoms. The van der Waals surface area contributed by atoms with E-state index in [2.05, 4.69) is 43.8 Å². The van der Waals surface area contributed by atoms with Crippen LogP contribution in [0.2, 0.25) is 5.02 Å². The first-order chi connectivity index (χ1) is 19.9. The third-order valence-corrected chi connectivity index (χ3v) is 6.72. The van der Waals surface area contributed by atoms with E-state index >= 15 is 0 Å². The first kappa shape index (κ1) is 29.3. The zero-order chi connectivity index (χ0) is 29.2. The topological polar surface area (TPSA) is 171 Å². The molecule has 13 heteroatoms. The molecule has 216 valence electrons. The van der Waals surface area contributed by atoms with Crippen LogP contribution in [0.5, 0.6) is 0 Å². The lowest BCUT2D eigenvalue weighted by Gasteiger charge is -2.25. The van der Waals surface area contributed by atoms with Gasteiger partial charge in [0.15, 0.2) is 0 Å². The standard InChI is InChI=1S/C28H34ClN9O3/c1-41-28(40)35-20-9-10-21-23(15-20)32-13-5-3-2-4-6-22(27-33-16-24(21)37-27)36-26(39)12-7-18-14-19(29)8-11-25(18)38(31)17-34-30/h2,4,7-12,14-17,22,27,32-33,37H,3,5-6,13,30-31H2,1H3,(H,35,40)(H,36,39)/b4-2+,12-7+,34-17-/t22-,27?/m0/s1. The maximum Gasteiger partial charge on any atom is 0.411 e. The molecule has 0 saturated heterocycles. The van der Waals surface area contributed by atoms with Crippen molar-refractivity contribution in [1.29, 1.82) is 0 Å². The molecule has 0 aliphatic carbocycles. The highest BCUT2D eigenvalue weighted by Gasteiger charge is 2.27. The van der Waals surface area contributed by atoms with Gasteiger partial charge in [0, 0.05) is 46.3 Å². The minimum absolute atomic E-state index is 0.268. The number of nitrogens with one attached hydrogen (secondary N) is 5. The molecule has 2 aliphatic rings. The van der Waals surface area contributed by atoms with E-state index in [9.17, 15) is 9.59 Å². The lowest BCUT2D eigenvalue weighted by atomic mass is 10.1. The van der Waals surface area contributed by atoms with Crippen molar-refractivity contribution in [3.63, 3.8) is 0 Å². The average molecular weight is 580 g/mol. The summed E-state index contributed by atoms with van der Waals surface area (Å²) in [7, 11) is 1.32. The first-order valence-corrected chi connectivity index (χ1v) is 13.4. The van der Waals surface area contributed by atoms with Gasteiger partial charge in [-0.2, -0.15) is 5.10 Å². The number of hydrazine groups is 1. The number of hydrogen-bond acceptors (Lipinski definition) is 9. The highest BCUT2D eigenvalue weighted by atomic mass is 35.5. The normalized spacial score (nSPS) is 19.2. The predicted molar refractivity (Wildman–Crippen MR) is 164 cm³/mol. The van der Waals surface area contributed by atoms with Crippen LogP contribution < -0.4 is 43.3 Å². The molecule has 2 aromatic rings. The Kier molecular flexibility index (Phi) is 10.1. The van der Waals surface area contributed by atoms with Crippen LogP contribution in [0.3, 0.4) is 0 Å². The molecule has 12 nitrogen and oxygen atoms in total. The molecular formula is C28H34ClN9O3. The predicted octanol–water partition coefficient (Wildman–Crippen LogP) is 3.27. The zero-order valence-electron chi connectivity index (χ0n) is 22.6. The number of fused-ring (bicyclic) bond motifs is 4. The Bertz CT molecular complexity index is 1380. The van der Waals surface area contributed by atoms with Crippen molar-refractivity contribution in [2.75, 3.05) is 29.3 Å². The number of allylic oxidation sites excluding steroid dienone is 1. The van der Waals surface area contributed by atoms with Gasteiger partial charge >= 0.3 is 6.09 Å². The fraction of sp³-hybridized carbons (Fsp3) is 0.250. The van der Waals surface area contributed by atoms with Crippen molar-refractivity contribution in [2.24, 2.45) is 16.8 Å². The van der Waals surface area contributed by atoms with Gasteiger partial charge in [-0.25, -0.2) is 10.6 Å². The minimum Gasteiger partial charge on any atom is -0.453 e. The number of methoxy groups -OCH3 is 1. The van der Waals surface area contributed by atoms with Crippen LogP contribution >= 0.6 is 11.6 Å². The second kappa shape index (κ2) is 14.1. The summed E-state index contributed by atoms with van der Waals surface area (Å²) in [6.45, 7) is 0.747. The summed E-state index contributed by atoms with van der Waals surface area (Å²) in [5.41, 5.74) is 4.45. The number of halogens is 1. The van der Waals surface area contributed by atoms with Crippen LogP contribution in [-0.4, -0.2) is 44.2 Å². The fourth-order valence-corrected chi connectivity index (χ4v) is 4.66. The highest BCUT2D eigenvalue weighted by Crippen LogP contribution is 2.29. The van der Waals surface area contributed by atoms with Crippen molar-refractivity contribution in [1.82, 2.24) is 16.0 Å². The van der Waals surface area contributed by atoms with E-state index < -0.39 is 6.09 Å². The zero-order valence-corrected chi connectivity index (χ0v) is 23.3. The van der Waals surface area contributed by atoms with Gasteiger partial charge in [0.25, 0.3) is 0 Å². The number of benzene rings is 2. The SMILES string of the molecule is COC(=O)Nc1ccc2c(c1)NCCC/C=C/C[C@H](NC(=O)/C=C/c1cc(Cl)ccc1N(N)/C=N\N)C1NC=C2N1. The Labute approximate surface area is 243 Å². The average Bonchev–Trinajstić information content (AvgIpc) is 3.45. The van der Waals surface area contributed by atoms with E-state index in [1.807, 2.05) is 24.4 Å². The third-order valence-electron chi connectivity index (χ3n) is 6.48. The summed E-state index contributed by atoms with van der Waals surface area (Å²) in [5.74, 6) is 10.9. The van der Waals surface area contributed by atoms with Crippen LogP contribution in [0.25, 0.3) is 11.8 Å².